The Hall–Kier alpha value is -3.29. The summed E-state index contributed by atoms with van der Waals surface area (Å²) >= 11 is 0. The van der Waals surface area contributed by atoms with E-state index in [4.69, 9.17) is 14.2 Å². The second-order valence-electron chi connectivity index (χ2n) is 4.90. The Morgan fingerprint density at radius 1 is 1.09 bits per heavy atom. The minimum Gasteiger partial charge on any atom is -0.480 e. The molecule has 0 fully saturated rings. The summed E-state index contributed by atoms with van der Waals surface area (Å²) in [6, 6.07) is 8.14. The fraction of sp³-hybridized carbons (Fsp3) is 0.133. The number of hydrogen-bond acceptors (Lipinski definition) is 6. The minimum absolute atomic E-state index is 0.0441. The predicted molar refractivity (Wildman–Crippen MR) is 78.9 cm³/mol. The van der Waals surface area contributed by atoms with E-state index in [1.165, 1.54) is 0 Å². The summed E-state index contributed by atoms with van der Waals surface area (Å²) < 4.78 is 15.7. The number of pyridine rings is 1. The van der Waals surface area contributed by atoms with Crippen molar-refractivity contribution in [2.45, 2.75) is 0 Å². The van der Waals surface area contributed by atoms with Crippen molar-refractivity contribution in [2.24, 2.45) is 0 Å². The van der Waals surface area contributed by atoms with Gasteiger partial charge in [-0.15, -0.1) is 0 Å². The largest absolute Gasteiger partial charge is 0.480 e. The average Bonchev–Trinajstić information content (AvgIpc) is 3.02. The van der Waals surface area contributed by atoms with Gasteiger partial charge < -0.3 is 24.8 Å². The molecule has 0 unspecified atom stereocenters. The van der Waals surface area contributed by atoms with Crippen molar-refractivity contribution in [1.29, 1.82) is 0 Å². The summed E-state index contributed by atoms with van der Waals surface area (Å²) in [5.41, 5.74) is 0.411. The van der Waals surface area contributed by atoms with Gasteiger partial charge in [-0.25, -0.2) is 4.98 Å². The van der Waals surface area contributed by atoms with Gasteiger partial charge in [0.1, 0.15) is 5.82 Å². The molecular formula is C15H11N3O5. The second-order valence-corrected chi connectivity index (χ2v) is 4.90. The highest BCUT2D eigenvalue weighted by Gasteiger charge is 2.19. The summed E-state index contributed by atoms with van der Waals surface area (Å²) in [6.07, 6.45) is 0. The number of nitrogens with one attached hydrogen (secondary N) is 2. The number of nitrogens with zero attached hydrogens (tertiary/aromatic N) is 1. The Morgan fingerprint density at radius 2 is 1.91 bits per heavy atom. The smallest absolute Gasteiger partial charge is 0.263 e. The first-order chi connectivity index (χ1) is 11.2. The molecule has 2 aromatic rings. The van der Waals surface area contributed by atoms with Crippen LogP contribution in [0.2, 0.25) is 0 Å². The Balaban J connectivity index is 1.55. The standard InChI is InChI=1S/C15H11N3O5/c19-13-6-21-10-3-4-12(16-14(10)18-13)17-15(20)8-1-2-9-11(5-8)23-7-22-9/h1-5H,6-7H2,(H2,16,17,18,19,20). The van der Waals surface area contributed by atoms with Crippen LogP contribution in [0.4, 0.5) is 11.6 Å². The van der Waals surface area contributed by atoms with E-state index in [0.29, 0.717) is 28.6 Å². The molecule has 0 radical (unpaired) electrons. The molecule has 8 nitrogen and oxygen atoms in total. The number of benzene rings is 1. The highest BCUT2D eigenvalue weighted by Crippen LogP contribution is 2.33. The first-order valence-corrected chi connectivity index (χ1v) is 6.84. The maximum Gasteiger partial charge on any atom is 0.263 e. The van der Waals surface area contributed by atoms with Crippen molar-refractivity contribution >= 4 is 23.5 Å². The van der Waals surface area contributed by atoms with E-state index in [1.54, 1.807) is 30.3 Å². The van der Waals surface area contributed by atoms with Gasteiger partial charge in [0.2, 0.25) is 6.79 Å². The lowest BCUT2D eigenvalue weighted by Gasteiger charge is -2.17. The molecule has 0 spiro atoms. The van der Waals surface area contributed by atoms with Crippen LogP contribution in [0, 0.1) is 0 Å². The summed E-state index contributed by atoms with van der Waals surface area (Å²) in [4.78, 5) is 27.7. The van der Waals surface area contributed by atoms with E-state index in [1.807, 2.05) is 0 Å². The van der Waals surface area contributed by atoms with Crippen LogP contribution in [0.3, 0.4) is 0 Å². The van der Waals surface area contributed by atoms with Gasteiger partial charge in [-0.1, -0.05) is 0 Å². The Kier molecular flexibility index (Phi) is 3.00. The maximum absolute atomic E-state index is 12.3. The zero-order valence-electron chi connectivity index (χ0n) is 11.8. The maximum atomic E-state index is 12.3. The minimum atomic E-state index is -0.348. The molecule has 2 aliphatic heterocycles. The highest BCUT2D eigenvalue weighted by molar-refractivity contribution is 6.04. The number of anilines is 2. The molecule has 0 aliphatic carbocycles. The van der Waals surface area contributed by atoms with Crippen LogP contribution < -0.4 is 24.8 Å². The van der Waals surface area contributed by atoms with Crippen LogP contribution in [-0.4, -0.2) is 30.2 Å². The average molecular weight is 313 g/mol. The molecule has 2 amide bonds. The van der Waals surface area contributed by atoms with Crippen LogP contribution in [-0.2, 0) is 4.79 Å². The third-order valence-corrected chi connectivity index (χ3v) is 3.35. The van der Waals surface area contributed by atoms with E-state index in [0.717, 1.165) is 0 Å². The molecule has 2 aliphatic rings. The molecule has 0 bridgehead atoms. The van der Waals surface area contributed by atoms with E-state index >= 15 is 0 Å². The van der Waals surface area contributed by atoms with Gasteiger partial charge in [-0.3, -0.25) is 9.59 Å². The topological polar surface area (TPSA) is 98.8 Å². The van der Waals surface area contributed by atoms with E-state index in [9.17, 15) is 9.59 Å². The Labute approximate surface area is 130 Å². The van der Waals surface area contributed by atoms with Gasteiger partial charge in [0.25, 0.3) is 11.8 Å². The summed E-state index contributed by atoms with van der Waals surface area (Å²) in [6.45, 7) is 0.101. The number of rotatable bonds is 2. The van der Waals surface area contributed by atoms with Crippen LogP contribution in [0.15, 0.2) is 30.3 Å². The fourth-order valence-corrected chi connectivity index (χ4v) is 2.26. The monoisotopic (exact) mass is 313 g/mol. The number of carbonyl (C=O) groups is 2. The first-order valence-electron chi connectivity index (χ1n) is 6.84. The molecule has 0 atom stereocenters. The first kappa shape index (κ1) is 13.4. The van der Waals surface area contributed by atoms with Gasteiger partial charge in [0.05, 0.1) is 0 Å². The van der Waals surface area contributed by atoms with Gasteiger partial charge in [0, 0.05) is 5.56 Å². The molecular weight excluding hydrogens is 302 g/mol. The molecule has 1 aromatic heterocycles. The van der Waals surface area contributed by atoms with Gasteiger partial charge in [0.15, 0.2) is 29.7 Å². The Morgan fingerprint density at radius 3 is 2.83 bits per heavy atom. The molecule has 0 saturated carbocycles. The second kappa shape index (κ2) is 5.16. The molecule has 23 heavy (non-hydrogen) atoms. The lowest BCUT2D eigenvalue weighted by atomic mass is 10.2. The van der Waals surface area contributed by atoms with Crippen molar-refractivity contribution in [3.05, 3.63) is 35.9 Å². The van der Waals surface area contributed by atoms with E-state index < -0.39 is 0 Å². The van der Waals surface area contributed by atoms with Gasteiger partial charge in [-0.2, -0.15) is 0 Å². The molecule has 1 aromatic carbocycles. The third kappa shape index (κ3) is 2.50. The molecule has 4 rings (SSSR count). The van der Waals surface area contributed by atoms with Crippen molar-refractivity contribution in [3.63, 3.8) is 0 Å². The SMILES string of the molecule is O=C1COc2ccc(NC(=O)c3ccc4c(c3)OCO4)nc2N1. The van der Waals surface area contributed by atoms with Crippen molar-refractivity contribution < 1.29 is 23.8 Å². The lowest BCUT2D eigenvalue weighted by Crippen LogP contribution is -2.26. The molecule has 2 N–H and O–H groups in total. The van der Waals surface area contributed by atoms with E-state index in [-0.39, 0.29) is 31.0 Å². The molecule has 116 valence electrons. The van der Waals surface area contributed by atoms with Crippen molar-refractivity contribution in [2.75, 3.05) is 24.0 Å². The number of carbonyl (C=O) groups excluding carboxylic acids is 2. The number of aromatic nitrogens is 1. The van der Waals surface area contributed by atoms with Crippen molar-refractivity contribution in [1.82, 2.24) is 4.98 Å². The van der Waals surface area contributed by atoms with Gasteiger partial charge in [-0.05, 0) is 30.3 Å². The number of fused-ring (bicyclic) bond motifs is 2. The summed E-state index contributed by atoms with van der Waals surface area (Å²) in [5.74, 6) is 1.54. The summed E-state index contributed by atoms with van der Waals surface area (Å²) in [5, 5.41) is 5.25. The fourth-order valence-electron chi connectivity index (χ4n) is 2.26. The third-order valence-electron chi connectivity index (χ3n) is 3.35. The van der Waals surface area contributed by atoms with Crippen LogP contribution in [0.5, 0.6) is 17.2 Å². The van der Waals surface area contributed by atoms with E-state index in [2.05, 4.69) is 15.6 Å². The predicted octanol–water partition coefficient (Wildman–Crippen LogP) is 1.39. The van der Waals surface area contributed by atoms with Gasteiger partial charge >= 0.3 is 0 Å². The van der Waals surface area contributed by atoms with Crippen LogP contribution >= 0.6 is 0 Å². The number of amides is 2. The van der Waals surface area contributed by atoms with Crippen LogP contribution in [0.25, 0.3) is 0 Å². The highest BCUT2D eigenvalue weighted by atomic mass is 16.7. The number of hydrogen-bond donors (Lipinski definition) is 2. The Bertz CT molecular complexity index is 821. The quantitative estimate of drug-likeness (QED) is 0.869. The summed E-state index contributed by atoms with van der Waals surface area (Å²) in [7, 11) is 0. The van der Waals surface area contributed by atoms with Crippen molar-refractivity contribution in [3.8, 4) is 17.2 Å². The number of ether oxygens (including phenoxy) is 3. The molecule has 8 heteroatoms. The molecule has 0 saturated heterocycles. The molecule has 3 heterocycles. The lowest BCUT2D eigenvalue weighted by molar-refractivity contribution is -0.118. The zero-order chi connectivity index (χ0) is 15.8. The normalized spacial score (nSPS) is 14.5. The zero-order valence-corrected chi connectivity index (χ0v) is 11.8. The van der Waals surface area contributed by atoms with Crippen LogP contribution in [0.1, 0.15) is 10.4 Å².